The number of nitrogens with two attached hydrogens (primary N) is 1. The zero-order chi connectivity index (χ0) is 9.80. The van der Waals surface area contributed by atoms with Crippen LogP contribution in [0, 0.1) is 0 Å². The molecule has 1 heterocycles. The molecule has 1 nitrogen and oxygen atoms in total. The Balaban J connectivity index is 0.00000112. The highest BCUT2D eigenvalue weighted by Gasteiger charge is 2.05. The Kier molecular flexibility index (Phi) is 4.82. The van der Waals surface area contributed by atoms with Crippen LogP contribution in [-0.2, 0) is 6.42 Å². The highest BCUT2D eigenvalue weighted by atomic mass is 35.5. The minimum atomic E-state index is 0. The molecule has 80 valence electrons. The van der Waals surface area contributed by atoms with Crippen molar-refractivity contribution in [2.24, 2.45) is 5.73 Å². The normalized spacial score (nSPS) is 11.8. The molecule has 0 radical (unpaired) electrons. The van der Waals surface area contributed by atoms with Crippen molar-refractivity contribution in [3.8, 4) is 0 Å². The first-order chi connectivity index (χ1) is 6.86. The first-order valence-electron chi connectivity index (χ1n) is 4.68. The van der Waals surface area contributed by atoms with Gasteiger partial charge in [0.1, 0.15) is 0 Å². The van der Waals surface area contributed by atoms with E-state index in [1.54, 1.807) is 11.3 Å². The van der Waals surface area contributed by atoms with Gasteiger partial charge in [-0.05, 0) is 34.4 Å². The summed E-state index contributed by atoms with van der Waals surface area (Å²) < 4.78 is 0. The van der Waals surface area contributed by atoms with Gasteiger partial charge in [0.25, 0.3) is 0 Å². The SMILES string of the molecule is Cl.NC(Cc1ccsc1)c1ccccc1. The molecule has 2 rings (SSSR count). The molecular weight excluding hydrogens is 226 g/mol. The molecule has 15 heavy (non-hydrogen) atoms. The molecule has 1 atom stereocenters. The van der Waals surface area contributed by atoms with Crippen LogP contribution in [0.15, 0.2) is 47.2 Å². The summed E-state index contributed by atoms with van der Waals surface area (Å²) >= 11 is 1.72. The van der Waals surface area contributed by atoms with Crippen LogP contribution in [0.2, 0.25) is 0 Å². The first kappa shape index (κ1) is 12.2. The quantitative estimate of drug-likeness (QED) is 0.873. The summed E-state index contributed by atoms with van der Waals surface area (Å²) in [5, 5.41) is 4.25. The van der Waals surface area contributed by atoms with E-state index in [4.69, 9.17) is 5.73 Å². The Morgan fingerprint density at radius 1 is 1.13 bits per heavy atom. The van der Waals surface area contributed by atoms with E-state index in [9.17, 15) is 0 Å². The number of hydrogen-bond acceptors (Lipinski definition) is 2. The Labute approximate surface area is 100 Å². The Morgan fingerprint density at radius 3 is 2.47 bits per heavy atom. The van der Waals surface area contributed by atoms with Crippen molar-refractivity contribution in [3.05, 3.63) is 58.3 Å². The minimum absolute atomic E-state index is 0. The lowest BCUT2D eigenvalue weighted by Crippen LogP contribution is -2.12. The van der Waals surface area contributed by atoms with Gasteiger partial charge >= 0.3 is 0 Å². The fourth-order valence-electron chi connectivity index (χ4n) is 1.48. The molecule has 1 aromatic carbocycles. The molecule has 2 aromatic rings. The lowest BCUT2D eigenvalue weighted by Gasteiger charge is -2.10. The van der Waals surface area contributed by atoms with E-state index >= 15 is 0 Å². The molecule has 0 saturated heterocycles. The van der Waals surface area contributed by atoms with Crippen LogP contribution in [0.4, 0.5) is 0 Å². The van der Waals surface area contributed by atoms with Crippen molar-refractivity contribution in [2.75, 3.05) is 0 Å². The average Bonchev–Trinajstić information content (AvgIpc) is 2.72. The van der Waals surface area contributed by atoms with Gasteiger partial charge in [0.05, 0.1) is 0 Å². The molecule has 0 bridgehead atoms. The summed E-state index contributed by atoms with van der Waals surface area (Å²) in [6.07, 6.45) is 0.924. The summed E-state index contributed by atoms with van der Waals surface area (Å²) in [7, 11) is 0. The Hall–Kier alpha value is -0.830. The molecule has 0 amide bonds. The van der Waals surface area contributed by atoms with Crippen molar-refractivity contribution in [2.45, 2.75) is 12.5 Å². The molecule has 2 N–H and O–H groups in total. The Morgan fingerprint density at radius 2 is 1.87 bits per heavy atom. The predicted molar refractivity (Wildman–Crippen MR) is 68.6 cm³/mol. The van der Waals surface area contributed by atoms with Gasteiger partial charge in [-0.15, -0.1) is 12.4 Å². The number of thiophene rings is 1. The third-order valence-corrected chi connectivity index (χ3v) is 3.00. The fourth-order valence-corrected chi connectivity index (χ4v) is 2.16. The van der Waals surface area contributed by atoms with Gasteiger partial charge in [0.15, 0.2) is 0 Å². The number of hydrogen-bond donors (Lipinski definition) is 1. The van der Waals surface area contributed by atoms with Gasteiger partial charge in [0, 0.05) is 6.04 Å². The van der Waals surface area contributed by atoms with E-state index in [1.807, 2.05) is 18.2 Å². The monoisotopic (exact) mass is 239 g/mol. The van der Waals surface area contributed by atoms with Crippen LogP contribution in [0.25, 0.3) is 0 Å². The highest BCUT2D eigenvalue weighted by molar-refractivity contribution is 7.07. The fraction of sp³-hybridized carbons (Fsp3) is 0.167. The van der Waals surface area contributed by atoms with Crippen molar-refractivity contribution in [3.63, 3.8) is 0 Å². The predicted octanol–water partition coefficient (Wildman–Crippen LogP) is 3.41. The van der Waals surface area contributed by atoms with Crippen LogP contribution in [-0.4, -0.2) is 0 Å². The van der Waals surface area contributed by atoms with E-state index < -0.39 is 0 Å². The molecule has 0 aliphatic carbocycles. The molecule has 1 unspecified atom stereocenters. The van der Waals surface area contributed by atoms with Crippen molar-refractivity contribution in [1.82, 2.24) is 0 Å². The topological polar surface area (TPSA) is 26.0 Å². The highest BCUT2D eigenvalue weighted by Crippen LogP contribution is 2.17. The van der Waals surface area contributed by atoms with Crippen LogP contribution >= 0.6 is 23.7 Å². The molecule has 0 saturated carbocycles. The summed E-state index contributed by atoms with van der Waals surface area (Å²) in [5.41, 5.74) is 8.62. The molecule has 1 aromatic heterocycles. The molecule has 0 fully saturated rings. The van der Waals surface area contributed by atoms with Crippen LogP contribution in [0.1, 0.15) is 17.2 Å². The van der Waals surface area contributed by atoms with Crippen molar-refractivity contribution < 1.29 is 0 Å². The van der Waals surface area contributed by atoms with Crippen molar-refractivity contribution in [1.29, 1.82) is 0 Å². The maximum absolute atomic E-state index is 6.09. The third kappa shape index (κ3) is 3.34. The maximum atomic E-state index is 6.09. The molecule has 0 aliphatic rings. The van der Waals surface area contributed by atoms with Crippen LogP contribution < -0.4 is 5.73 Å². The summed E-state index contributed by atoms with van der Waals surface area (Å²) in [5.74, 6) is 0. The number of rotatable bonds is 3. The molecule has 3 heteroatoms. The zero-order valence-electron chi connectivity index (χ0n) is 8.30. The number of halogens is 1. The second-order valence-corrected chi connectivity index (χ2v) is 4.13. The lowest BCUT2D eigenvalue weighted by molar-refractivity contribution is 0.724. The summed E-state index contributed by atoms with van der Waals surface area (Å²) in [4.78, 5) is 0. The lowest BCUT2D eigenvalue weighted by atomic mass is 10.0. The first-order valence-corrected chi connectivity index (χ1v) is 5.62. The third-order valence-electron chi connectivity index (χ3n) is 2.26. The van der Waals surface area contributed by atoms with E-state index in [0.717, 1.165) is 6.42 Å². The van der Waals surface area contributed by atoms with Gasteiger partial charge in [-0.1, -0.05) is 30.3 Å². The zero-order valence-corrected chi connectivity index (χ0v) is 9.93. The summed E-state index contributed by atoms with van der Waals surface area (Å²) in [6.45, 7) is 0. The molecule has 0 spiro atoms. The largest absolute Gasteiger partial charge is 0.324 e. The van der Waals surface area contributed by atoms with Crippen LogP contribution in [0.3, 0.4) is 0 Å². The van der Waals surface area contributed by atoms with Gasteiger partial charge in [-0.2, -0.15) is 11.3 Å². The molecular formula is C12H14ClNS. The van der Waals surface area contributed by atoms with Gasteiger partial charge in [-0.3, -0.25) is 0 Å². The average molecular weight is 240 g/mol. The van der Waals surface area contributed by atoms with Gasteiger partial charge in [0.2, 0.25) is 0 Å². The Bertz CT molecular complexity index is 372. The van der Waals surface area contributed by atoms with Gasteiger partial charge < -0.3 is 5.73 Å². The van der Waals surface area contributed by atoms with Crippen molar-refractivity contribution >= 4 is 23.7 Å². The smallest absolute Gasteiger partial charge is 0.0336 e. The van der Waals surface area contributed by atoms with E-state index in [-0.39, 0.29) is 18.4 Å². The van der Waals surface area contributed by atoms with Crippen LogP contribution in [0.5, 0.6) is 0 Å². The van der Waals surface area contributed by atoms with E-state index in [0.29, 0.717) is 0 Å². The maximum Gasteiger partial charge on any atom is 0.0336 e. The minimum Gasteiger partial charge on any atom is -0.324 e. The standard InChI is InChI=1S/C12H13NS.ClH/c13-12(8-10-6-7-14-9-10)11-4-2-1-3-5-11;/h1-7,9,12H,8,13H2;1H. The van der Waals surface area contributed by atoms with E-state index in [1.165, 1.54) is 11.1 Å². The second-order valence-electron chi connectivity index (χ2n) is 3.35. The number of benzene rings is 1. The van der Waals surface area contributed by atoms with E-state index in [2.05, 4.69) is 29.0 Å². The molecule has 0 aliphatic heterocycles. The summed E-state index contributed by atoms with van der Waals surface area (Å²) in [6, 6.07) is 12.5. The second kappa shape index (κ2) is 5.91. The van der Waals surface area contributed by atoms with Gasteiger partial charge in [-0.25, -0.2) is 0 Å².